The largest absolute Gasteiger partial charge is 0.398 e. The second-order valence-electron chi connectivity index (χ2n) is 5.11. The predicted octanol–water partition coefficient (Wildman–Crippen LogP) is 2.00. The van der Waals surface area contributed by atoms with E-state index in [2.05, 4.69) is 9.88 Å². The zero-order valence-electron chi connectivity index (χ0n) is 12.0. The van der Waals surface area contributed by atoms with Crippen LogP contribution in [0.2, 0.25) is 0 Å². The van der Waals surface area contributed by atoms with E-state index in [0.717, 1.165) is 23.8 Å². The van der Waals surface area contributed by atoms with Crippen molar-refractivity contribution in [3.8, 4) is 0 Å². The van der Waals surface area contributed by atoms with Crippen LogP contribution in [-0.2, 0) is 0 Å². The SMILES string of the molecule is Cc1c(N)cccc1C(=O)N1CCN(c2nccs2)CC1. The number of piperazine rings is 1. The van der Waals surface area contributed by atoms with Crippen LogP contribution in [0.25, 0.3) is 0 Å². The molecule has 0 atom stereocenters. The number of rotatable bonds is 2. The number of thiazole rings is 1. The second-order valence-corrected chi connectivity index (χ2v) is 5.99. The predicted molar refractivity (Wildman–Crippen MR) is 85.8 cm³/mol. The molecule has 0 bridgehead atoms. The second kappa shape index (κ2) is 5.73. The molecule has 21 heavy (non-hydrogen) atoms. The molecule has 0 radical (unpaired) electrons. The van der Waals surface area contributed by atoms with Gasteiger partial charge in [-0.2, -0.15) is 0 Å². The van der Waals surface area contributed by atoms with Gasteiger partial charge in [0.15, 0.2) is 5.13 Å². The van der Waals surface area contributed by atoms with E-state index in [1.54, 1.807) is 11.3 Å². The topological polar surface area (TPSA) is 62.5 Å². The molecule has 0 unspecified atom stereocenters. The summed E-state index contributed by atoms with van der Waals surface area (Å²) in [6.45, 7) is 4.97. The van der Waals surface area contributed by atoms with Gasteiger partial charge in [0.1, 0.15) is 0 Å². The van der Waals surface area contributed by atoms with Crippen LogP contribution in [-0.4, -0.2) is 42.0 Å². The van der Waals surface area contributed by atoms with E-state index in [1.807, 2.05) is 41.6 Å². The fraction of sp³-hybridized carbons (Fsp3) is 0.333. The van der Waals surface area contributed by atoms with Crippen molar-refractivity contribution in [1.29, 1.82) is 0 Å². The lowest BCUT2D eigenvalue weighted by molar-refractivity contribution is 0.0746. The minimum Gasteiger partial charge on any atom is -0.398 e. The fourth-order valence-corrected chi connectivity index (χ4v) is 3.23. The number of hydrogen-bond donors (Lipinski definition) is 1. The number of carbonyl (C=O) groups excluding carboxylic acids is 1. The average Bonchev–Trinajstić information content (AvgIpc) is 3.04. The van der Waals surface area contributed by atoms with Crippen LogP contribution in [0.15, 0.2) is 29.8 Å². The third kappa shape index (κ3) is 2.71. The molecule has 1 fully saturated rings. The molecule has 0 aliphatic carbocycles. The highest BCUT2D eigenvalue weighted by Crippen LogP contribution is 2.21. The van der Waals surface area contributed by atoms with Gasteiger partial charge in [-0.05, 0) is 24.6 Å². The molecule has 1 aliphatic heterocycles. The summed E-state index contributed by atoms with van der Waals surface area (Å²) >= 11 is 1.63. The summed E-state index contributed by atoms with van der Waals surface area (Å²) in [6.07, 6.45) is 1.81. The molecule has 1 amide bonds. The number of nitrogens with two attached hydrogens (primary N) is 1. The molecule has 0 spiro atoms. The van der Waals surface area contributed by atoms with E-state index in [1.165, 1.54) is 0 Å². The summed E-state index contributed by atoms with van der Waals surface area (Å²) in [6, 6.07) is 5.51. The van der Waals surface area contributed by atoms with Crippen LogP contribution in [0.5, 0.6) is 0 Å². The molecule has 1 aliphatic rings. The van der Waals surface area contributed by atoms with Crippen molar-refractivity contribution in [1.82, 2.24) is 9.88 Å². The lowest BCUT2D eigenvalue weighted by atomic mass is 10.1. The zero-order valence-corrected chi connectivity index (χ0v) is 12.8. The van der Waals surface area contributed by atoms with E-state index in [0.29, 0.717) is 24.3 Å². The summed E-state index contributed by atoms with van der Waals surface area (Å²) in [4.78, 5) is 21.0. The molecule has 110 valence electrons. The summed E-state index contributed by atoms with van der Waals surface area (Å²) in [5.41, 5.74) is 8.13. The molecule has 3 rings (SSSR count). The first-order valence-electron chi connectivity index (χ1n) is 6.95. The average molecular weight is 302 g/mol. The Morgan fingerprint density at radius 2 is 2.05 bits per heavy atom. The van der Waals surface area contributed by atoms with E-state index >= 15 is 0 Å². The van der Waals surface area contributed by atoms with Crippen LogP contribution in [0.1, 0.15) is 15.9 Å². The minimum absolute atomic E-state index is 0.0681. The van der Waals surface area contributed by atoms with Gasteiger partial charge in [0.25, 0.3) is 5.91 Å². The highest BCUT2D eigenvalue weighted by molar-refractivity contribution is 7.13. The monoisotopic (exact) mass is 302 g/mol. The molecule has 2 heterocycles. The molecule has 6 heteroatoms. The Kier molecular flexibility index (Phi) is 3.79. The van der Waals surface area contributed by atoms with Crippen LogP contribution in [0.3, 0.4) is 0 Å². The summed E-state index contributed by atoms with van der Waals surface area (Å²) in [5, 5.41) is 3.01. The third-order valence-electron chi connectivity index (χ3n) is 3.86. The van der Waals surface area contributed by atoms with E-state index in [-0.39, 0.29) is 5.91 Å². The summed E-state index contributed by atoms with van der Waals surface area (Å²) in [7, 11) is 0. The van der Waals surface area contributed by atoms with Gasteiger partial charge in [0.2, 0.25) is 0 Å². The molecular formula is C15H18N4OS. The molecule has 2 aromatic rings. The first kappa shape index (κ1) is 13.9. The first-order valence-corrected chi connectivity index (χ1v) is 7.83. The highest BCUT2D eigenvalue weighted by Gasteiger charge is 2.24. The van der Waals surface area contributed by atoms with E-state index in [4.69, 9.17) is 5.73 Å². The molecule has 1 aromatic carbocycles. The van der Waals surface area contributed by atoms with Gasteiger partial charge >= 0.3 is 0 Å². The number of amides is 1. The molecule has 5 nitrogen and oxygen atoms in total. The van der Waals surface area contributed by atoms with Gasteiger partial charge in [0.05, 0.1) is 0 Å². The molecule has 2 N–H and O–H groups in total. The van der Waals surface area contributed by atoms with Gasteiger partial charge < -0.3 is 15.5 Å². The van der Waals surface area contributed by atoms with Crippen LogP contribution >= 0.6 is 11.3 Å². The van der Waals surface area contributed by atoms with Gasteiger partial charge in [-0.15, -0.1) is 11.3 Å². The Balaban J connectivity index is 1.69. The van der Waals surface area contributed by atoms with Crippen molar-refractivity contribution in [2.75, 3.05) is 36.8 Å². The number of nitrogen functional groups attached to an aromatic ring is 1. The first-order chi connectivity index (χ1) is 10.2. The Morgan fingerprint density at radius 3 is 2.71 bits per heavy atom. The maximum absolute atomic E-state index is 12.6. The summed E-state index contributed by atoms with van der Waals surface area (Å²) < 4.78 is 0. The zero-order chi connectivity index (χ0) is 14.8. The molecule has 0 saturated carbocycles. The Hall–Kier alpha value is -2.08. The smallest absolute Gasteiger partial charge is 0.254 e. The maximum atomic E-state index is 12.6. The normalized spacial score (nSPS) is 15.3. The lowest BCUT2D eigenvalue weighted by Gasteiger charge is -2.34. The van der Waals surface area contributed by atoms with Crippen LogP contribution in [0, 0.1) is 6.92 Å². The molecule has 1 saturated heterocycles. The van der Waals surface area contributed by atoms with Gasteiger partial charge in [-0.3, -0.25) is 4.79 Å². The highest BCUT2D eigenvalue weighted by atomic mass is 32.1. The molecular weight excluding hydrogens is 284 g/mol. The number of nitrogens with zero attached hydrogens (tertiary/aromatic N) is 3. The number of aromatic nitrogens is 1. The van der Waals surface area contributed by atoms with E-state index in [9.17, 15) is 4.79 Å². The fourth-order valence-electron chi connectivity index (χ4n) is 2.53. The van der Waals surface area contributed by atoms with Crippen molar-refractivity contribution < 1.29 is 4.79 Å². The molecule has 1 aromatic heterocycles. The lowest BCUT2D eigenvalue weighted by Crippen LogP contribution is -2.48. The number of anilines is 2. The van der Waals surface area contributed by atoms with Crippen molar-refractivity contribution in [3.63, 3.8) is 0 Å². The number of benzene rings is 1. The van der Waals surface area contributed by atoms with Gasteiger partial charge in [0, 0.05) is 49.0 Å². The standard InChI is InChI=1S/C15H18N4OS/c1-11-12(3-2-4-13(11)16)14(20)18-6-8-19(9-7-18)15-17-5-10-21-15/h2-5,10H,6-9,16H2,1H3. The van der Waals surface area contributed by atoms with Gasteiger partial charge in [-0.1, -0.05) is 6.07 Å². The van der Waals surface area contributed by atoms with Crippen LogP contribution < -0.4 is 10.6 Å². The Labute approximate surface area is 128 Å². The van der Waals surface area contributed by atoms with Crippen molar-refractivity contribution in [2.45, 2.75) is 6.92 Å². The van der Waals surface area contributed by atoms with E-state index < -0.39 is 0 Å². The quantitative estimate of drug-likeness (QED) is 0.862. The number of carbonyl (C=O) groups is 1. The van der Waals surface area contributed by atoms with Gasteiger partial charge in [-0.25, -0.2) is 4.98 Å². The number of hydrogen-bond acceptors (Lipinski definition) is 5. The Bertz CT molecular complexity index is 633. The van der Waals surface area contributed by atoms with Crippen molar-refractivity contribution in [2.24, 2.45) is 0 Å². The van der Waals surface area contributed by atoms with Crippen molar-refractivity contribution in [3.05, 3.63) is 40.9 Å². The summed E-state index contributed by atoms with van der Waals surface area (Å²) in [5.74, 6) is 0.0681. The third-order valence-corrected chi connectivity index (χ3v) is 4.70. The van der Waals surface area contributed by atoms with Crippen LogP contribution in [0.4, 0.5) is 10.8 Å². The maximum Gasteiger partial charge on any atom is 0.254 e. The van der Waals surface area contributed by atoms with Crippen molar-refractivity contribution >= 4 is 28.1 Å². The Morgan fingerprint density at radius 1 is 1.29 bits per heavy atom. The minimum atomic E-state index is 0.0681.